The van der Waals surface area contributed by atoms with Crippen molar-refractivity contribution in [2.45, 2.75) is 25.8 Å². The van der Waals surface area contributed by atoms with Crippen molar-refractivity contribution < 1.29 is 9.13 Å². The van der Waals surface area contributed by atoms with Crippen LogP contribution in [0, 0.1) is 18.7 Å². The standard InChI is InChI=1S/C17H24ClFN2O/c1-12-2-3-14(19)15(16(12)18)17(13-4-10-22-11-5-13)21-8-6-20-7-9-21/h2-3,13,17,20H,4-11H2,1H3/t17-/m1/s1. The minimum Gasteiger partial charge on any atom is -0.381 e. The molecule has 0 spiro atoms. The molecule has 22 heavy (non-hydrogen) atoms. The summed E-state index contributed by atoms with van der Waals surface area (Å²) < 4.78 is 20.1. The molecule has 0 aromatic heterocycles. The van der Waals surface area contributed by atoms with E-state index in [1.54, 1.807) is 12.1 Å². The van der Waals surface area contributed by atoms with Crippen LogP contribution >= 0.6 is 11.6 Å². The van der Waals surface area contributed by atoms with E-state index in [0.29, 0.717) is 16.5 Å². The van der Waals surface area contributed by atoms with E-state index in [9.17, 15) is 4.39 Å². The van der Waals surface area contributed by atoms with Crippen LogP contribution in [0.5, 0.6) is 0 Å². The van der Waals surface area contributed by atoms with Gasteiger partial charge in [-0.3, -0.25) is 4.90 Å². The Morgan fingerprint density at radius 2 is 1.95 bits per heavy atom. The highest BCUT2D eigenvalue weighted by atomic mass is 35.5. The largest absolute Gasteiger partial charge is 0.381 e. The lowest BCUT2D eigenvalue weighted by molar-refractivity contribution is 0.0203. The summed E-state index contributed by atoms with van der Waals surface area (Å²) in [6, 6.07) is 3.38. The number of halogens is 2. The van der Waals surface area contributed by atoms with Gasteiger partial charge in [0.2, 0.25) is 0 Å². The molecular formula is C17H24ClFN2O. The van der Waals surface area contributed by atoms with Gasteiger partial charge in [0.05, 0.1) is 5.02 Å². The molecule has 0 amide bonds. The van der Waals surface area contributed by atoms with Crippen LogP contribution in [-0.2, 0) is 4.74 Å². The van der Waals surface area contributed by atoms with Gasteiger partial charge in [-0.15, -0.1) is 0 Å². The number of hydrogen-bond acceptors (Lipinski definition) is 3. The molecule has 0 bridgehead atoms. The van der Waals surface area contributed by atoms with Crippen LogP contribution in [0.3, 0.4) is 0 Å². The number of ether oxygens (including phenoxy) is 1. The van der Waals surface area contributed by atoms with E-state index in [0.717, 1.165) is 57.8 Å². The van der Waals surface area contributed by atoms with Gasteiger partial charge in [-0.25, -0.2) is 4.39 Å². The number of benzene rings is 1. The van der Waals surface area contributed by atoms with Crippen LogP contribution in [0.4, 0.5) is 4.39 Å². The average molecular weight is 327 g/mol. The quantitative estimate of drug-likeness (QED) is 0.923. The second-order valence-electron chi connectivity index (χ2n) is 6.27. The lowest BCUT2D eigenvalue weighted by Gasteiger charge is -2.41. The highest BCUT2D eigenvalue weighted by Crippen LogP contribution is 2.40. The molecule has 3 rings (SSSR count). The third kappa shape index (κ3) is 3.30. The Labute approximate surface area is 136 Å². The summed E-state index contributed by atoms with van der Waals surface area (Å²) in [6.45, 7) is 7.24. The highest BCUT2D eigenvalue weighted by molar-refractivity contribution is 6.32. The monoisotopic (exact) mass is 326 g/mol. The van der Waals surface area contributed by atoms with E-state index in [1.807, 2.05) is 6.92 Å². The lowest BCUT2D eigenvalue weighted by atomic mass is 9.84. The van der Waals surface area contributed by atoms with Gasteiger partial charge in [0.15, 0.2) is 0 Å². The summed E-state index contributed by atoms with van der Waals surface area (Å²) in [5.74, 6) is 0.228. The molecule has 1 N–H and O–H groups in total. The Hall–Kier alpha value is -0.680. The SMILES string of the molecule is Cc1ccc(F)c([C@@H](C2CCOCC2)N2CCNCC2)c1Cl. The first-order valence-electron chi connectivity index (χ1n) is 8.15. The molecule has 3 nitrogen and oxygen atoms in total. The first kappa shape index (κ1) is 16.2. The molecule has 2 saturated heterocycles. The summed E-state index contributed by atoms with van der Waals surface area (Å²) >= 11 is 6.52. The molecule has 0 radical (unpaired) electrons. The summed E-state index contributed by atoms with van der Waals surface area (Å²) in [5.41, 5.74) is 1.64. The average Bonchev–Trinajstić information content (AvgIpc) is 2.57. The molecule has 5 heteroatoms. The number of piperazine rings is 1. The minimum absolute atomic E-state index is 0.0541. The normalized spacial score (nSPS) is 22.7. The van der Waals surface area contributed by atoms with Crippen LogP contribution in [0.25, 0.3) is 0 Å². The maximum absolute atomic E-state index is 14.6. The number of rotatable bonds is 3. The number of nitrogens with zero attached hydrogens (tertiary/aromatic N) is 1. The van der Waals surface area contributed by atoms with E-state index in [2.05, 4.69) is 10.2 Å². The van der Waals surface area contributed by atoms with Gasteiger partial charge < -0.3 is 10.1 Å². The fourth-order valence-electron chi connectivity index (χ4n) is 3.66. The molecule has 2 aliphatic heterocycles. The fraction of sp³-hybridized carbons (Fsp3) is 0.647. The van der Waals surface area contributed by atoms with Crippen molar-refractivity contribution in [2.24, 2.45) is 5.92 Å². The van der Waals surface area contributed by atoms with Gasteiger partial charge >= 0.3 is 0 Å². The summed E-state index contributed by atoms with van der Waals surface area (Å²) in [4.78, 5) is 2.40. The second-order valence-corrected chi connectivity index (χ2v) is 6.65. The van der Waals surface area contributed by atoms with Gasteiger partial charge in [0.25, 0.3) is 0 Å². The molecule has 1 atom stereocenters. The van der Waals surface area contributed by atoms with Crippen LogP contribution in [0.1, 0.15) is 30.0 Å². The number of aryl methyl sites for hydroxylation is 1. The third-order valence-corrected chi connectivity index (χ3v) is 5.37. The van der Waals surface area contributed by atoms with Crippen molar-refractivity contribution in [3.05, 3.63) is 34.1 Å². The summed E-state index contributed by atoms with van der Waals surface area (Å²) in [6.07, 6.45) is 1.94. The summed E-state index contributed by atoms with van der Waals surface area (Å²) in [5, 5.41) is 3.96. The van der Waals surface area contributed by atoms with Crippen molar-refractivity contribution in [1.82, 2.24) is 10.2 Å². The van der Waals surface area contributed by atoms with Crippen molar-refractivity contribution in [2.75, 3.05) is 39.4 Å². The van der Waals surface area contributed by atoms with Crippen LogP contribution in [-0.4, -0.2) is 44.3 Å². The highest BCUT2D eigenvalue weighted by Gasteiger charge is 2.34. The predicted molar refractivity (Wildman–Crippen MR) is 86.9 cm³/mol. The zero-order valence-electron chi connectivity index (χ0n) is 13.1. The first-order valence-corrected chi connectivity index (χ1v) is 8.53. The molecule has 122 valence electrons. The van der Waals surface area contributed by atoms with Crippen molar-refractivity contribution >= 4 is 11.6 Å². The molecule has 1 aromatic rings. The zero-order valence-corrected chi connectivity index (χ0v) is 13.8. The molecular weight excluding hydrogens is 303 g/mol. The molecule has 1 aromatic carbocycles. The molecule has 0 unspecified atom stereocenters. The van der Waals surface area contributed by atoms with Gasteiger partial charge in [-0.1, -0.05) is 17.7 Å². The van der Waals surface area contributed by atoms with Crippen molar-refractivity contribution in [3.8, 4) is 0 Å². The van der Waals surface area contributed by atoms with Gasteiger partial charge in [0, 0.05) is 51.0 Å². The first-order chi connectivity index (χ1) is 10.7. The summed E-state index contributed by atoms with van der Waals surface area (Å²) in [7, 11) is 0. The maximum atomic E-state index is 14.6. The number of hydrogen-bond donors (Lipinski definition) is 1. The molecule has 0 saturated carbocycles. The Morgan fingerprint density at radius 1 is 1.27 bits per heavy atom. The smallest absolute Gasteiger partial charge is 0.129 e. The van der Waals surface area contributed by atoms with E-state index < -0.39 is 0 Å². The Kier molecular flexibility index (Phi) is 5.34. The predicted octanol–water partition coefficient (Wildman–Crippen LogP) is 3.16. The van der Waals surface area contributed by atoms with E-state index in [-0.39, 0.29) is 11.9 Å². The van der Waals surface area contributed by atoms with Gasteiger partial charge in [0.1, 0.15) is 5.82 Å². The Morgan fingerprint density at radius 3 is 2.64 bits per heavy atom. The molecule has 0 aliphatic carbocycles. The van der Waals surface area contributed by atoms with Crippen LogP contribution in [0.15, 0.2) is 12.1 Å². The van der Waals surface area contributed by atoms with Gasteiger partial charge in [-0.2, -0.15) is 0 Å². The van der Waals surface area contributed by atoms with Crippen molar-refractivity contribution in [1.29, 1.82) is 0 Å². The second kappa shape index (κ2) is 7.26. The lowest BCUT2D eigenvalue weighted by Crippen LogP contribution is -2.48. The van der Waals surface area contributed by atoms with Gasteiger partial charge in [-0.05, 0) is 37.3 Å². The third-order valence-electron chi connectivity index (χ3n) is 4.87. The van der Waals surface area contributed by atoms with E-state index >= 15 is 0 Å². The van der Waals surface area contributed by atoms with Crippen molar-refractivity contribution in [3.63, 3.8) is 0 Å². The Balaban J connectivity index is 1.98. The molecule has 2 fully saturated rings. The topological polar surface area (TPSA) is 24.5 Å². The van der Waals surface area contributed by atoms with E-state index in [4.69, 9.17) is 16.3 Å². The van der Waals surface area contributed by atoms with Crippen LogP contribution < -0.4 is 5.32 Å². The maximum Gasteiger partial charge on any atom is 0.129 e. The van der Waals surface area contributed by atoms with Crippen LogP contribution in [0.2, 0.25) is 5.02 Å². The number of nitrogens with one attached hydrogen (secondary N) is 1. The Bertz CT molecular complexity index is 496. The fourth-order valence-corrected chi connectivity index (χ4v) is 3.92. The molecule has 2 heterocycles. The van der Waals surface area contributed by atoms with E-state index in [1.165, 1.54) is 0 Å². The minimum atomic E-state index is -0.175. The zero-order chi connectivity index (χ0) is 15.5. The molecule has 2 aliphatic rings.